The number of rotatable bonds is 2. The van der Waals surface area contributed by atoms with Crippen molar-refractivity contribution in [2.75, 3.05) is 10.6 Å². The Morgan fingerprint density at radius 2 is 1.55 bits per heavy atom. The van der Waals surface area contributed by atoms with Gasteiger partial charge in [0.05, 0.1) is 0 Å². The van der Waals surface area contributed by atoms with Crippen molar-refractivity contribution in [1.82, 2.24) is 0 Å². The Labute approximate surface area is 117 Å². The number of carbonyl (C=O) groups is 2. The minimum atomic E-state index is -0.682. The van der Waals surface area contributed by atoms with Gasteiger partial charge in [0.2, 0.25) is 0 Å². The maximum atomic E-state index is 11.8. The molecular formula is C16H16N2O2. The van der Waals surface area contributed by atoms with Gasteiger partial charge in [-0.2, -0.15) is 0 Å². The largest absolute Gasteiger partial charge is 0.318 e. The lowest BCUT2D eigenvalue weighted by molar-refractivity contribution is -0.133. The Morgan fingerprint density at radius 3 is 2.25 bits per heavy atom. The van der Waals surface area contributed by atoms with Gasteiger partial charge in [0.25, 0.3) is 0 Å². The third kappa shape index (κ3) is 3.45. The van der Waals surface area contributed by atoms with Crippen molar-refractivity contribution in [3.63, 3.8) is 0 Å². The molecule has 0 heterocycles. The summed E-state index contributed by atoms with van der Waals surface area (Å²) in [5.74, 6) is -1.36. The van der Waals surface area contributed by atoms with Crippen LogP contribution in [0.25, 0.3) is 0 Å². The molecule has 0 bridgehead atoms. The number of nitrogens with one attached hydrogen (secondary N) is 2. The predicted octanol–water partition coefficient (Wildman–Crippen LogP) is 2.88. The van der Waals surface area contributed by atoms with E-state index in [2.05, 4.69) is 10.6 Å². The van der Waals surface area contributed by atoms with E-state index in [0.29, 0.717) is 11.4 Å². The molecule has 0 aromatic heterocycles. The molecule has 2 rings (SSSR count). The molecule has 0 aliphatic heterocycles. The lowest BCUT2D eigenvalue weighted by Crippen LogP contribution is -2.29. The smallest absolute Gasteiger partial charge is 0.314 e. The summed E-state index contributed by atoms with van der Waals surface area (Å²) in [6.45, 7) is 3.79. The lowest BCUT2D eigenvalue weighted by atomic mass is 10.2. The summed E-state index contributed by atoms with van der Waals surface area (Å²) in [4.78, 5) is 23.6. The summed E-state index contributed by atoms with van der Waals surface area (Å²) in [5.41, 5.74) is 3.16. The maximum absolute atomic E-state index is 11.8. The van der Waals surface area contributed by atoms with E-state index >= 15 is 0 Å². The number of aryl methyl sites for hydroxylation is 2. The van der Waals surface area contributed by atoms with Gasteiger partial charge in [0, 0.05) is 11.4 Å². The zero-order valence-corrected chi connectivity index (χ0v) is 11.4. The molecule has 2 amide bonds. The fourth-order valence-corrected chi connectivity index (χ4v) is 1.80. The van der Waals surface area contributed by atoms with Gasteiger partial charge in [-0.15, -0.1) is 0 Å². The first-order valence-corrected chi connectivity index (χ1v) is 6.31. The van der Waals surface area contributed by atoms with Crippen LogP contribution in [0.3, 0.4) is 0 Å². The fraction of sp³-hybridized carbons (Fsp3) is 0.125. The zero-order valence-electron chi connectivity index (χ0n) is 11.4. The third-order valence-electron chi connectivity index (χ3n) is 2.88. The normalized spacial score (nSPS) is 9.90. The van der Waals surface area contributed by atoms with Crippen molar-refractivity contribution >= 4 is 23.2 Å². The maximum Gasteiger partial charge on any atom is 0.314 e. The van der Waals surface area contributed by atoms with Crippen molar-refractivity contribution in [3.8, 4) is 0 Å². The molecule has 20 heavy (non-hydrogen) atoms. The Hall–Kier alpha value is -2.62. The molecule has 0 spiro atoms. The van der Waals surface area contributed by atoms with Gasteiger partial charge in [0.1, 0.15) is 0 Å². The van der Waals surface area contributed by atoms with E-state index in [0.717, 1.165) is 11.1 Å². The molecule has 0 saturated carbocycles. The average molecular weight is 268 g/mol. The first-order chi connectivity index (χ1) is 9.56. The van der Waals surface area contributed by atoms with E-state index in [1.54, 1.807) is 24.3 Å². The number of benzene rings is 2. The van der Waals surface area contributed by atoms with E-state index in [1.807, 2.05) is 38.1 Å². The first-order valence-electron chi connectivity index (χ1n) is 6.31. The highest BCUT2D eigenvalue weighted by Gasteiger charge is 2.14. The number of para-hydroxylation sites is 1. The number of hydrogen-bond donors (Lipinski definition) is 2. The van der Waals surface area contributed by atoms with Crippen LogP contribution in [-0.2, 0) is 9.59 Å². The highest BCUT2D eigenvalue weighted by Crippen LogP contribution is 2.13. The second kappa shape index (κ2) is 6.02. The van der Waals surface area contributed by atoms with Crippen molar-refractivity contribution < 1.29 is 9.59 Å². The van der Waals surface area contributed by atoms with Crippen molar-refractivity contribution in [3.05, 3.63) is 59.7 Å². The zero-order chi connectivity index (χ0) is 14.5. The lowest BCUT2D eigenvalue weighted by Gasteiger charge is -2.08. The van der Waals surface area contributed by atoms with Crippen LogP contribution in [0, 0.1) is 13.8 Å². The fourth-order valence-electron chi connectivity index (χ4n) is 1.80. The van der Waals surface area contributed by atoms with Gasteiger partial charge in [-0.1, -0.05) is 30.3 Å². The highest BCUT2D eigenvalue weighted by atomic mass is 16.2. The molecule has 0 saturated heterocycles. The third-order valence-corrected chi connectivity index (χ3v) is 2.88. The van der Waals surface area contributed by atoms with Gasteiger partial charge in [0.15, 0.2) is 0 Å². The van der Waals surface area contributed by atoms with Gasteiger partial charge < -0.3 is 10.6 Å². The van der Waals surface area contributed by atoms with Gasteiger partial charge in [-0.3, -0.25) is 9.59 Å². The molecular weight excluding hydrogens is 252 g/mol. The molecule has 0 aliphatic rings. The second-order valence-corrected chi connectivity index (χ2v) is 4.59. The van der Waals surface area contributed by atoms with Crippen LogP contribution in [0.5, 0.6) is 0 Å². The minimum absolute atomic E-state index is 0.606. The number of hydrogen-bond acceptors (Lipinski definition) is 2. The molecule has 2 N–H and O–H groups in total. The van der Waals surface area contributed by atoms with Crippen molar-refractivity contribution in [2.45, 2.75) is 13.8 Å². The Kier molecular flexibility index (Phi) is 4.15. The molecule has 102 valence electrons. The first kappa shape index (κ1) is 13.8. The van der Waals surface area contributed by atoms with E-state index in [4.69, 9.17) is 0 Å². The topological polar surface area (TPSA) is 58.2 Å². The molecule has 0 radical (unpaired) electrons. The van der Waals surface area contributed by atoms with Crippen LogP contribution < -0.4 is 10.6 Å². The van der Waals surface area contributed by atoms with E-state index in [9.17, 15) is 9.59 Å². The number of amides is 2. The SMILES string of the molecule is Cc1cccc(NC(=O)C(=O)Nc2ccccc2C)c1. The standard InChI is InChI=1S/C16H16N2O2/c1-11-6-5-8-13(10-11)17-15(19)16(20)18-14-9-4-3-7-12(14)2/h3-10H,1-2H3,(H,17,19)(H,18,20). The molecule has 4 heteroatoms. The van der Waals surface area contributed by atoms with Crippen molar-refractivity contribution in [2.24, 2.45) is 0 Å². The summed E-state index contributed by atoms with van der Waals surface area (Å²) in [6, 6.07) is 14.6. The summed E-state index contributed by atoms with van der Waals surface area (Å²) in [5, 5.41) is 5.17. The quantitative estimate of drug-likeness (QED) is 0.823. The summed E-state index contributed by atoms with van der Waals surface area (Å²) >= 11 is 0. The summed E-state index contributed by atoms with van der Waals surface area (Å²) < 4.78 is 0. The predicted molar refractivity (Wildman–Crippen MR) is 79.6 cm³/mol. The molecule has 0 fully saturated rings. The van der Waals surface area contributed by atoms with Gasteiger partial charge in [-0.05, 0) is 43.2 Å². The van der Waals surface area contributed by atoms with Crippen LogP contribution in [0.15, 0.2) is 48.5 Å². The second-order valence-electron chi connectivity index (χ2n) is 4.59. The summed E-state index contributed by atoms with van der Waals surface area (Å²) in [7, 11) is 0. The molecule has 0 atom stereocenters. The monoisotopic (exact) mass is 268 g/mol. The number of anilines is 2. The molecule has 2 aromatic carbocycles. The van der Waals surface area contributed by atoms with Crippen LogP contribution in [0.1, 0.15) is 11.1 Å². The Morgan fingerprint density at radius 1 is 0.850 bits per heavy atom. The Balaban J connectivity index is 2.03. The molecule has 0 unspecified atom stereocenters. The Bertz CT molecular complexity index is 650. The van der Waals surface area contributed by atoms with Crippen molar-refractivity contribution in [1.29, 1.82) is 0 Å². The summed E-state index contributed by atoms with van der Waals surface area (Å²) in [6.07, 6.45) is 0. The molecule has 2 aromatic rings. The van der Waals surface area contributed by atoms with E-state index in [-0.39, 0.29) is 0 Å². The van der Waals surface area contributed by atoms with E-state index in [1.165, 1.54) is 0 Å². The van der Waals surface area contributed by atoms with Crippen LogP contribution >= 0.6 is 0 Å². The van der Waals surface area contributed by atoms with E-state index < -0.39 is 11.8 Å². The molecule has 4 nitrogen and oxygen atoms in total. The van der Waals surface area contributed by atoms with Gasteiger partial charge in [-0.25, -0.2) is 0 Å². The van der Waals surface area contributed by atoms with Crippen LogP contribution in [0.4, 0.5) is 11.4 Å². The molecule has 0 aliphatic carbocycles. The highest BCUT2D eigenvalue weighted by molar-refractivity contribution is 6.43. The minimum Gasteiger partial charge on any atom is -0.318 e. The van der Waals surface area contributed by atoms with Crippen LogP contribution in [-0.4, -0.2) is 11.8 Å². The van der Waals surface area contributed by atoms with Crippen LogP contribution in [0.2, 0.25) is 0 Å². The number of carbonyl (C=O) groups excluding carboxylic acids is 2. The average Bonchev–Trinajstić information content (AvgIpc) is 2.41. The van der Waals surface area contributed by atoms with Gasteiger partial charge >= 0.3 is 11.8 Å².